The molecule has 248 valence electrons. The van der Waals surface area contributed by atoms with Crippen molar-refractivity contribution in [2.24, 2.45) is 0 Å². The van der Waals surface area contributed by atoms with Crippen molar-refractivity contribution < 1.29 is 0 Å². The maximum Gasteiger partial charge on any atom is 0.0872 e. The van der Waals surface area contributed by atoms with Crippen molar-refractivity contribution in [2.75, 3.05) is 0 Å². The van der Waals surface area contributed by atoms with Crippen LogP contribution in [0.2, 0.25) is 0 Å². The van der Waals surface area contributed by atoms with E-state index in [1.807, 2.05) is 0 Å². The van der Waals surface area contributed by atoms with Crippen molar-refractivity contribution in [2.45, 2.75) is 62.3 Å². The van der Waals surface area contributed by atoms with Crippen LogP contribution in [0.3, 0.4) is 0 Å². The van der Waals surface area contributed by atoms with E-state index in [0.717, 1.165) is 61.2 Å². The molecular weight excluding hydrogens is 609 g/mol. The molecule has 7 aromatic rings. The summed E-state index contributed by atoms with van der Waals surface area (Å²) in [6.07, 6.45) is 4.31. The minimum atomic E-state index is 0.926. The van der Waals surface area contributed by atoms with E-state index < -0.39 is 0 Å². The molecule has 0 unspecified atom stereocenters. The van der Waals surface area contributed by atoms with Crippen molar-refractivity contribution in [3.05, 3.63) is 134 Å². The van der Waals surface area contributed by atoms with E-state index in [2.05, 4.69) is 162 Å². The Bertz CT molecular complexity index is 2620. The molecule has 8 rings (SSSR count). The summed E-state index contributed by atoms with van der Waals surface area (Å²) in [5, 5.41) is 0. The second kappa shape index (κ2) is 11.8. The highest BCUT2D eigenvalue weighted by molar-refractivity contribution is 6.02. The SMILES string of the molecule is Cc1cc(C)c(-c2c3nc(c4ccc([nH]4)c(-c4c(C)cc(C)cc4C)c4ccc([nH]4)c(-c4c(C)cc(C)cc4C)c4ccc2[nH]4)C=C3)c(C)c1. The number of aromatic nitrogens is 4. The molecule has 1 aliphatic rings. The number of aromatic amines is 3. The number of hydrogen-bond acceptors (Lipinski definition) is 1. The van der Waals surface area contributed by atoms with Gasteiger partial charge in [-0.1, -0.05) is 53.1 Å². The van der Waals surface area contributed by atoms with Crippen LogP contribution >= 0.6 is 0 Å². The first-order valence-electron chi connectivity index (χ1n) is 17.6. The van der Waals surface area contributed by atoms with Crippen LogP contribution in [-0.2, 0) is 0 Å². The van der Waals surface area contributed by atoms with E-state index in [-0.39, 0.29) is 0 Å². The quantitative estimate of drug-likeness (QED) is 0.175. The maximum absolute atomic E-state index is 5.32. The summed E-state index contributed by atoms with van der Waals surface area (Å²) >= 11 is 0. The monoisotopic (exact) mass is 652 g/mol. The van der Waals surface area contributed by atoms with Crippen LogP contribution in [0, 0.1) is 62.3 Å². The van der Waals surface area contributed by atoms with E-state index in [4.69, 9.17) is 4.98 Å². The molecule has 0 saturated carbocycles. The Labute approximate surface area is 294 Å². The molecule has 0 saturated heterocycles. The molecule has 0 radical (unpaired) electrons. The molecule has 5 heterocycles. The zero-order valence-electron chi connectivity index (χ0n) is 30.5. The van der Waals surface area contributed by atoms with Gasteiger partial charge in [0, 0.05) is 44.3 Å². The molecule has 3 N–H and O–H groups in total. The molecule has 4 aromatic heterocycles. The van der Waals surface area contributed by atoms with E-state index in [0.29, 0.717) is 0 Å². The summed E-state index contributed by atoms with van der Waals surface area (Å²) in [6, 6.07) is 27.1. The Morgan fingerprint density at radius 1 is 0.320 bits per heavy atom. The highest BCUT2D eigenvalue weighted by atomic mass is 14.8. The Kier molecular flexibility index (Phi) is 7.45. The summed E-state index contributed by atoms with van der Waals surface area (Å²) in [7, 11) is 0. The summed E-state index contributed by atoms with van der Waals surface area (Å²) < 4.78 is 0. The van der Waals surface area contributed by atoms with Crippen molar-refractivity contribution in [1.29, 1.82) is 0 Å². The highest BCUT2D eigenvalue weighted by Gasteiger charge is 2.19. The zero-order chi connectivity index (χ0) is 35.0. The van der Waals surface area contributed by atoms with Crippen LogP contribution in [0.15, 0.2) is 72.8 Å². The van der Waals surface area contributed by atoms with Crippen LogP contribution < -0.4 is 0 Å². The molecule has 0 spiro atoms. The Balaban J connectivity index is 1.61. The van der Waals surface area contributed by atoms with Gasteiger partial charge in [-0.25, -0.2) is 4.98 Å². The molecule has 8 bridgehead atoms. The third kappa shape index (κ3) is 5.18. The minimum absolute atomic E-state index is 0.926. The molecule has 50 heavy (non-hydrogen) atoms. The number of rotatable bonds is 3. The molecule has 0 fully saturated rings. The molecule has 0 amide bonds. The molecule has 0 atom stereocenters. The normalized spacial score (nSPS) is 12.0. The van der Waals surface area contributed by atoms with Crippen LogP contribution in [0.5, 0.6) is 0 Å². The molecule has 4 nitrogen and oxygen atoms in total. The average molecular weight is 653 g/mol. The first kappa shape index (κ1) is 31.6. The van der Waals surface area contributed by atoms with Crippen LogP contribution in [-0.4, -0.2) is 19.9 Å². The Hall–Kier alpha value is -5.61. The van der Waals surface area contributed by atoms with Crippen LogP contribution in [0.25, 0.3) is 78.6 Å². The smallest absolute Gasteiger partial charge is 0.0872 e. The molecule has 4 heteroatoms. The van der Waals surface area contributed by atoms with E-state index >= 15 is 0 Å². The van der Waals surface area contributed by atoms with Gasteiger partial charge >= 0.3 is 0 Å². The summed E-state index contributed by atoms with van der Waals surface area (Å²) in [4.78, 5) is 17.0. The largest absolute Gasteiger partial charge is 0.354 e. The fourth-order valence-corrected chi connectivity index (χ4v) is 8.67. The fraction of sp³-hybridized carbons (Fsp3) is 0.196. The van der Waals surface area contributed by atoms with Crippen molar-refractivity contribution in [3.8, 4) is 33.4 Å². The van der Waals surface area contributed by atoms with Crippen LogP contribution in [0.1, 0.15) is 61.5 Å². The first-order chi connectivity index (χ1) is 24.0. The molecule has 1 aliphatic heterocycles. The third-order valence-corrected chi connectivity index (χ3v) is 10.4. The summed E-state index contributed by atoms with van der Waals surface area (Å²) in [5.41, 5.74) is 26.6. The predicted octanol–water partition coefficient (Wildman–Crippen LogP) is 12.5. The predicted molar refractivity (Wildman–Crippen MR) is 214 cm³/mol. The van der Waals surface area contributed by atoms with E-state index in [1.165, 1.54) is 66.8 Å². The van der Waals surface area contributed by atoms with Crippen molar-refractivity contribution in [3.63, 3.8) is 0 Å². The Morgan fingerprint density at radius 3 is 0.980 bits per heavy atom. The lowest BCUT2D eigenvalue weighted by Crippen LogP contribution is -1.94. The third-order valence-electron chi connectivity index (χ3n) is 10.4. The second-order valence-corrected chi connectivity index (χ2v) is 14.5. The van der Waals surface area contributed by atoms with E-state index in [1.54, 1.807) is 0 Å². The first-order valence-corrected chi connectivity index (χ1v) is 17.6. The number of benzene rings is 3. The number of fused-ring (bicyclic) bond motifs is 9. The summed E-state index contributed by atoms with van der Waals surface area (Å²) in [5.74, 6) is 0. The standard InChI is InChI=1S/C46H44N4/c1-24-18-27(4)41(28(5)19-24)44-35-12-10-33(47-35)34-11-13-36(48-34)45(42-29(6)20-25(2)21-30(42)7)38-15-17-40(50-38)46(39-16-14-37(44)49-39)43-31(8)22-26(3)23-32(43)9/h10-23,47,49-50H,1-9H3. The van der Waals surface area contributed by atoms with Crippen LogP contribution in [0.4, 0.5) is 0 Å². The highest BCUT2D eigenvalue weighted by Crippen LogP contribution is 2.40. The lowest BCUT2D eigenvalue weighted by atomic mass is 9.92. The second-order valence-electron chi connectivity index (χ2n) is 14.5. The molecule has 3 aromatic carbocycles. The Morgan fingerprint density at radius 2 is 0.600 bits per heavy atom. The number of hydrogen-bond donors (Lipinski definition) is 3. The van der Waals surface area contributed by atoms with Gasteiger partial charge in [-0.3, -0.25) is 0 Å². The topological polar surface area (TPSA) is 60.3 Å². The average Bonchev–Trinajstić information content (AvgIpc) is 3.85. The number of H-pyrrole nitrogens is 3. The van der Waals surface area contributed by atoms with Gasteiger partial charge in [0.1, 0.15) is 0 Å². The van der Waals surface area contributed by atoms with Gasteiger partial charge in [0.25, 0.3) is 0 Å². The van der Waals surface area contributed by atoms with Crippen molar-refractivity contribution >= 4 is 45.3 Å². The van der Waals surface area contributed by atoms with Gasteiger partial charge in [-0.05, 0) is 161 Å². The van der Waals surface area contributed by atoms with Gasteiger partial charge in [-0.15, -0.1) is 0 Å². The van der Waals surface area contributed by atoms with Gasteiger partial charge in [-0.2, -0.15) is 0 Å². The van der Waals surface area contributed by atoms with Gasteiger partial charge < -0.3 is 15.0 Å². The summed E-state index contributed by atoms with van der Waals surface area (Å²) in [6.45, 7) is 19.9. The van der Waals surface area contributed by atoms with E-state index in [9.17, 15) is 0 Å². The minimum Gasteiger partial charge on any atom is -0.354 e. The molecule has 0 aliphatic carbocycles. The number of nitrogens with one attached hydrogen (secondary N) is 3. The molecular formula is C46H44N4. The number of aryl methyl sites for hydroxylation is 9. The number of nitrogens with zero attached hydrogens (tertiary/aromatic N) is 1. The lowest BCUT2D eigenvalue weighted by Gasteiger charge is -2.14. The van der Waals surface area contributed by atoms with Gasteiger partial charge in [0.15, 0.2) is 0 Å². The lowest BCUT2D eigenvalue weighted by molar-refractivity contribution is 1.29. The zero-order valence-corrected chi connectivity index (χ0v) is 30.5. The maximum atomic E-state index is 5.32. The van der Waals surface area contributed by atoms with Gasteiger partial charge in [0.05, 0.1) is 16.9 Å². The van der Waals surface area contributed by atoms with Crippen molar-refractivity contribution in [1.82, 2.24) is 19.9 Å². The van der Waals surface area contributed by atoms with Gasteiger partial charge in [0.2, 0.25) is 0 Å². The fourth-order valence-electron chi connectivity index (χ4n) is 8.67.